The number of aryl methyl sites for hydroxylation is 1. The average molecular weight is 310 g/mol. The lowest BCUT2D eigenvalue weighted by molar-refractivity contribution is -0.124. The van der Waals surface area contributed by atoms with E-state index in [1.54, 1.807) is 0 Å². The minimum atomic E-state index is -0.588. The van der Waals surface area contributed by atoms with E-state index in [0.29, 0.717) is 0 Å². The van der Waals surface area contributed by atoms with Gasteiger partial charge in [-0.1, -0.05) is 36.7 Å². The lowest BCUT2D eigenvalue weighted by atomic mass is 9.92. The smallest absolute Gasteiger partial charge is 0.239 e. The number of hydrogen-bond acceptors (Lipinski definition) is 2. The van der Waals surface area contributed by atoms with E-state index >= 15 is 0 Å². The third-order valence-corrected chi connectivity index (χ3v) is 3.78. The van der Waals surface area contributed by atoms with Gasteiger partial charge in [0.05, 0.1) is 11.1 Å². The van der Waals surface area contributed by atoms with Crippen molar-refractivity contribution < 1.29 is 9.59 Å². The van der Waals surface area contributed by atoms with E-state index in [9.17, 15) is 9.59 Å². The Morgan fingerprint density at radius 1 is 1.33 bits per heavy atom. The SMILES string of the molecule is CCc1cc(Br)ccc1N1C(=O)CC(C)(C)C1=O. The summed E-state index contributed by atoms with van der Waals surface area (Å²) in [6, 6.07) is 5.65. The summed E-state index contributed by atoms with van der Waals surface area (Å²) in [4.78, 5) is 25.7. The molecule has 0 N–H and O–H groups in total. The van der Waals surface area contributed by atoms with Crippen LogP contribution in [0.5, 0.6) is 0 Å². The van der Waals surface area contributed by atoms with Crippen LogP contribution in [0.2, 0.25) is 0 Å². The Balaban J connectivity index is 2.50. The Morgan fingerprint density at radius 3 is 2.50 bits per heavy atom. The van der Waals surface area contributed by atoms with Crippen molar-refractivity contribution >= 4 is 33.4 Å². The van der Waals surface area contributed by atoms with Crippen LogP contribution in [-0.4, -0.2) is 11.8 Å². The van der Waals surface area contributed by atoms with Crippen LogP contribution in [0.1, 0.15) is 32.8 Å². The number of rotatable bonds is 2. The number of amides is 2. The molecule has 1 fully saturated rings. The first-order valence-corrected chi connectivity index (χ1v) is 6.82. The van der Waals surface area contributed by atoms with Crippen LogP contribution in [0, 0.1) is 5.41 Å². The topological polar surface area (TPSA) is 37.4 Å². The maximum atomic E-state index is 12.3. The maximum Gasteiger partial charge on any atom is 0.239 e. The average Bonchev–Trinajstić information content (AvgIpc) is 2.49. The standard InChI is InChI=1S/C14H16BrNO2/c1-4-9-7-10(15)5-6-11(9)16-12(17)8-14(2,3)13(16)18/h5-7H,4,8H2,1-3H3. The van der Waals surface area contributed by atoms with Crippen molar-refractivity contribution in [2.24, 2.45) is 5.41 Å². The van der Waals surface area contributed by atoms with E-state index in [4.69, 9.17) is 0 Å². The predicted octanol–water partition coefficient (Wildman–Crippen LogP) is 3.30. The fourth-order valence-corrected chi connectivity index (χ4v) is 2.66. The van der Waals surface area contributed by atoms with Crippen molar-refractivity contribution in [3.8, 4) is 0 Å². The van der Waals surface area contributed by atoms with Gasteiger partial charge in [-0.15, -0.1) is 0 Å². The number of carbonyl (C=O) groups excluding carboxylic acids is 2. The van der Waals surface area contributed by atoms with Crippen molar-refractivity contribution in [3.63, 3.8) is 0 Å². The van der Waals surface area contributed by atoms with Crippen molar-refractivity contribution in [1.29, 1.82) is 0 Å². The molecule has 0 unspecified atom stereocenters. The second-order valence-corrected chi connectivity index (χ2v) is 6.14. The molecule has 1 heterocycles. The highest BCUT2D eigenvalue weighted by atomic mass is 79.9. The summed E-state index contributed by atoms with van der Waals surface area (Å²) in [5, 5.41) is 0. The summed E-state index contributed by atoms with van der Waals surface area (Å²) < 4.78 is 0.960. The summed E-state index contributed by atoms with van der Waals surface area (Å²) in [5.41, 5.74) is 1.14. The number of anilines is 1. The summed E-state index contributed by atoms with van der Waals surface area (Å²) in [6.45, 7) is 5.65. The second-order valence-electron chi connectivity index (χ2n) is 5.22. The van der Waals surface area contributed by atoms with Crippen molar-refractivity contribution in [2.45, 2.75) is 33.6 Å². The van der Waals surface area contributed by atoms with Gasteiger partial charge in [-0.3, -0.25) is 9.59 Å². The molecule has 0 spiro atoms. The van der Waals surface area contributed by atoms with Gasteiger partial charge in [-0.2, -0.15) is 0 Å². The normalized spacial score (nSPS) is 18.6. The highest BCUT2D eigenvalue weighted by Crippen LogP contribution is 2.37. The number of benzene rings is 1. The number of nitrogens with zero attached hydrogens (tertiary/aromatic N) is 1. The molecule has 18 heavy (non-hydrogen) atoms. The van der Waals surface area contributed by atoms with Crippen LogP contribution in [0.25, 0.3) is 0 Å². The van der Waals surface area contributed by atoms with E-state index in [0.717, 1.165) is 22.1 Å². The quantitative estimate of drug-likeness (QED) is 0.786. The van der Waals surface area contributed by atoms with E-state index < -0.39 is 5.41 Å². The third-order valence-electron chi connectivity index (χ3n) is 3.29. The molecule has 4 heteroatoms. The highest BCUT2D eigenvalue weighted by molar-refractivity contribution is 9.10. The van der Waals surface area contributed by atoms with E-state index in [1.807, 2.05) is 39.0 Å². The van der Waals surface area contributed by atoms with Crippen LogP contribution in [0.3, 0.4) is 0 Å². The molecule has 0 bridgehead atoms. The van der Waals surface area contributed by atoms with Gasteiger partial charge >= 0.3 is 0 Å². The molecule has 3 nitrogen and oxygen atoms in total. The first-order chi connectivity index (χ1) is 8.36. The lowest BCUT2D eigenvalue weighted by Crippen LogP contribution is -2.33. The molecule has 0 atom stereocenters. The van der Waals surface area contributed by atoms with Crippen LogP contribution in [0.15, 0.2) is 22.7 Å². The summed E-state index contributed by atoms with van der Waals surface area (Å²) in [5.74, 6) is -0.216. The Morgan fingerprint density at radius 2 is 2.00 bits per heavy atom. The number of imide groups is 1. The fourth-order valence-electron chi connectivity index (χ4n) is 2.25. The minimum absolute atomic E-state index is 0.107. The lowest BCUT2D eigenvalue weighted by Gasteiger charge is -2.20. The van der Waals surface area contributed by atoms with Gasteiger partial charge in [0.1, 0.15) is 0 Å². The molecule has 1 aromatic carbocycles. The van der Waals surface area contributed by atoms with E-state index in [1.165, 1.54) is 4.90 Å². The largest absolute Gasteiger partial charge is 0.274 e. The number of halogens is 1. The highest BCUT2D eigenvalue weighted by Gasteiger charge is 2.45. The fraction of sp³-hybridized carbons (Fsp3) is 0.429. The van der Waals surface area contributed by atoms with Gasteiger partial charge in [0.25, 0.3) is 0 Å². The van der Waals surface area contributed by atoms with Gasteiger partial charge in [-0.25, -0.2) is 4.90 Å². The zero-order chi connectivity index (χ0) is 13.5. The van der Waals surface area contributed by atoms with Gasteiger partial charge < -0.3 is 0 Å². The number of hydrogen-bond donors (Lipinski definition) is 0. The molecule has 1 saturated heterocycles. The summed E-state index contributed by atoms with van der Waals surface area (Å²) >= 11 is 3.41. The first-order valence-electron chi connectivity index (χ1n) is 6.02. The molecular weight excluding hydrogens is 294 g/mol. The first kappa shape index (κ1) is 13.3. The molecule has 1 aliphatic heterocycles. The molecule has 0 radical (unpaired) electrons. The van der Waals surface area contributed by atoms with Gasteiger partial charge in [0, 0.05) is 10.9 Å². The van der Waals surface area contributed by atoms with Crippen LogP contribution < -0.4 is 4.90 Å². The van der Waals surface area contributed by atoms with Crippen LogP contribution in [-0.2, 0) is 16.0 Å². The van der Waals surface area contributed by atoms with Gasteiger partial charge in [0.2, 0.25) is 11.8 Å². The van der Waals surface area contributed by atoms with E-state index in [-0.39, 0.29) is 18.2 Å². The summed E-state index contributed by atoms with van der Waals surface area (Å²) in [7, 11) is 0. The van der Waals surface area contributed by atoms with Crippen LogP contribution in [0.4, 0.5) is 5.69 Å². The molecule has 0 saturated carbocycles. The van der Waals surface area contributed by atoms with Crippen molar-refractivity contribution in [2.75, 3.05) is 4.90 Å². The van der Waals surface area contributed by atoms with Gasteiger partial charge in [0.15, 0.2) is 0 Å². The maximum absolute atomic E-state index is 12.3. The Hall–Kier alpha value is -1.16. The van der Waals surface area contributed by atoms with Crippen molar-refractivity contribution in [1.82, 2.24) is 0 Å². The third kappa shape index (κ3) is 2.09. The Kier molecular flexibility index (Phi) is 3.32. The zero-order valence-electron chi connectivity index (χ0n) is 10.8. The Labute approximate surface area is 115 Å². The van der Waals surface area contributed by atoms with Gasteiger partial charge in [-0.05, 0) is 30.2 Å². The number of carbonyl (C=O) groups is 2. The monoisotopic (exact) mass is 309 g/mol. The summed E-state index contributed by atoms with van der Waals surface area (Å²) in [6.07, 6.45) is 1.07. The van der Waals surface area contributed by atoms with Crippen molar-refractivity contribution in [3.05, 3.63) is 28.2 Å². The van der Waals surface area contributed by atoms with E-state index in [2.05, 4.69) is 15.9 Å². The molecule has 0 aromatic heterocycles. The zero-order valence-corrected chi connectivity index (χ0v) is 12.4. The van der Waals surface area contributed by atoms with Crippen LogP contribution >= 0.6 is 15.9 Å². The molecule has 2 amide bonds. The minimum Gasteiger partial charge on any atom is -0.274 e. The molecule has 96 valence electrons. The Bertz CT molecular complexity index is 523. The molecular formula is C14H16BrNO2. The molecule has 1 aliphatic rings. The molecule has 1 aromatic rings. The predicted molar refractivity (Wildman–Crippen MR) is 74.4 cm³/mol. The second kappa shape index (κ2) is 4.50. The molecule has 0 aliphatic carbocycles. The molecule has 2 rings (SSSR count).